The summed E-state index contributed by atoms with van der Waals surface area (Å²) in [6.07, 6.45) is 0. The molecule has 2 aliphatic carbocycles. The number of rotatable bonds is 2. The van der Waals surface area contributed by atoms with Crippen LogP contribution in [0.25, 0.3) is 55.7 Å². The molecule has 2 aliphatic rings. The van der Waals surface area contributed by atoms with E-state index in [1.54, 1.807) is 24.3 Å². The van der Waals surface area contributed by atoms with E-state index in [0.717, 1.165) is 24.3 Å². The zero-order chi connectivity index (χ0) is 34.0. The van der Waals surface area contributed by atoms with Crippen molar-refractivity contribution < 1.29 is 26.3 Å². The summed E-state index contributed by atoms with van der Waals surface area (Å²) in [6.45, 7) is 0. The second-order valence-electron chi connectivity index (χ2n) is 10.9. The van der Waals surface area contributed by atoms with Crippen molar-refractivity contribution in [2.24, 2.45) is 0 Å². The van der Waals surface area contributed by atoms with Gasteiger partial charge < -0.3 is 0 Å². The highest BCUT2D eigenvalue weighted by Crippen LogP contribution is 2.54. The molecular weight excluding hydrogens is 626 g/mol. The maximum Gasteiger partial charge on any atom is 0.194 e. The number of nitriles is 4. The second-order valence-corrected chi connectivity index (χ2v) is 10.9. The first-order valence-electron chi connectivity index (χ1n) is 14.0. The third kappa shape index (κ3) is 4.29. The van der Waals surface area contributed by atoms with E-state index >= 15 is 0 Å². The van der Waals surface area contributed by atoms with E-state index in [2.05, 4.69) is 0 Å². The van der Waals surface area contributed by atoms with Gasteiger partial charge in [-0.15, -0.1) is 0 Å². The zero-order valence-corrected chi connectivity index (χ0v) is 24.0. The molecule has 5 aromatic rings. The lowest BCUT2D eigenvalue weighted by atomic mass is 9.93. The third-order valence-corrected chi connectivity index (χ3v) is 8.44. The third-order valence-electron chi connectivity index (χ3n) is 8.44. The molecule has 0 radical (unpaired) electrons. The Balaban J connectivity index is 1.47. The van der Waals surface area contributed by atoms with Gasteiger partial charge >= 0.3 is 0 Å². The zero-order valence-electron chi connectivity index (χ0n) is 24.0. The molecule has 0 bridgehead atoms. The summed E-state index contributed by atoms with van der Waals surface area (Å²) in [5.41, 5.74) is 4.30. The Morgan fingerprint density at radius 1 is 0.354 bits per heavy atom. The van der Waals surface area contributed by atoms with Gasteiger partial charge in [-0.1, -0.05) is 24.3 Å². The average Bonchev–Trinajstić information content (AvgIpc) is 3.57. The van der Waals surface area contributed by atoms with Crippen LogP contribution >= 0.6 is 0 Å². The van der Waals surface area contributed by atoms with Gasteiger partial charge in [0.05, 0.1) is 0 Å². The monoisotopic (exact) mass is 638 g/mol. The number of hydrogen-bond donors (Lipinski definition) is 0. The summed E-state index contributed by atoms with van der Waals surface area (Å²) in [6, 6.07) is 23.7. The van der Waals surface area contributed by atoms with Crippen molar-refractivity contribution in [2.45, 2.75) is 0 Å². The number of hydrogen-bond acceptors (Lipinski definition) is 4. The molecule has 0 N–H and O–H groups in total. The normalized spacial score (nSPS) is 11.8. The van der Waals surface area contributed by atoms with Gasteiger partial charge in [-0.25, -0.2) is 26.3 Å². The quantitative estimate of drug-likeness (QED) is 0.107. The Morgan fingerprint density at radius 2 is 0.667 bits per heavy atom. The smallest absolute Gasteiger partial charge is 0.194 e. The highest BCUT2D eigenvalue weighted by Gasteiger charge is 2.34. The highest BCUT2D eigenvalue weighted by atomic mass is 19.2. The summed E-state index contributed by atoms with van der Waals surface area (Å²) >= 11 is 0. The molecule has 48 heavy (non-hydrogen) atoms. The summed E-state index contributed by atoms with van der Waals surface area (Å²) in [4.78, 5) is 0. The van der Waals surface area contributed by atoms with Crippen LogP contribution in [0.2, 0.25) is 0 Å². The SMILES string of the molecule is N#CC(C#N)=C1c2cc(-c3cc(F)c(F)c(F)c3)ccc2-c2cc3c(cc21)-c1ccc(-c2cc(F)c(F)c(F)c2)cc1C3=C(C#N)C#N. The molecule has 4 nitrogen and oxygen atoms in total. The first kappa shape index (κ1) is 29.8. The minimum Gasteiger partial charge on any atom is -0.204 e. The lowest BCUT2D eigenvalue weighted by Crippen LogP contribution is -1.93. The fourth-order valence-electron chi connectivity index (χ4n) is 6.34. The van der Waals surface area contributed by atoms with E-state index in [1.165, 1.54) is 24.3 Å². The van der Waals surface area contributed by atoms with Crippen molar-refractivity contribution in [3.63, 3.8) is 0 Å². The van der Waals surface area contributed by atoms with Gasteiger partial charge in [0.2, 0.25) is 0 Å². The molecule has 226 valence electrons. The van der Waals surface area contributed by atoms with Crippen LogP contribution in [-0.2, 0) is 0 Å². The van der Waals surface area contributed by atoms with E-state index in [0.29, 0.717) is 44.5 Å². The number of fused-ring (bicyclic) bond motifs is 6. The van der Waals surface area contributed by atoms with Crippen molar-refractivity contribution in [2.75, 3.05) is 0 Å². The maximum atomic E-state index is 14.1. The van der Waals surface area contributed by atoms with Gasteiger partial charge in [-0.05, 0) is 115 Å². The maximum absolute atomic E-state index is 14.1. The lowest BCUT2D eigenvalue weighted by Gasteiger charge is -2.09. The van der Waals surface area contributed by atoms with E-state index in [-0.39, 0.29) is 44.5 Å². The molecule has 0 atom stereocenters. The van der Waals surface area contributed by atoms with Crippen LogP contribution in [0.1, 0.15) is 22.3 Å². The first-order valence-corrected chi connectivity index (χ1v) is 14.0. The molecular formula is C38H12F6N4. The number of halogens is 6. The van der Waals surface area contributed by atoms with Gasteiger partial charge in [-0.3, -0.25) is 0 Å². The second kappa shape index (κ2) is 10.9. The molecule has 0 aliphatic heterocycles. The lowest BCUT2D eigenvalue weighted by molar-refractivity contribution is 0.447. The van der Waals surface area contributed by atoms with Crippen LogP contribution in [0, 0.1) is 80.2 Å². The van der Waals surface area contributed by atoms with Crippen LogP contribution in [0.4, 0.5) is 26.3 Å². The van der Waals surface area contributed by atoms with Gasteiger partial charge in [0.15, 0.2) is 34.9 Å². The highest BCUT2D eigenvalue weighted by molar-refractivity contribution is 6.11. The molecule has 5 aromatic carbocycles. The van der Waals surface area contributed by atoms with E-state index in [9.17, 15) is 47.4 Å². The predicted octanol–water partition coefficient (Wildman–Crippen LogP) is 9.51. The van der Waals surface area contributed by atoms with Crippen molar-refractivity contribution in [3.8, 4) is 68.8 Å². The summed E-state index contributed by atoms with van der Waals surface area (Å²) in [7, 11) is 0. The molecule has 0 amide bonds. The van der Waals surface area contributed by atoms with Gasteiger partial charge in [0, 0.05) is 11.1 Å². The standard InChI is InChI=1S/C38H12F6N4/c39-31-7-19(8-32(40)37(31)43)17-1-3-23-25-11-30-26(12-29(25)35(27(23)5-17)21(13-45)14-46)24-4-2-18(6-28(24)36(30)22(15-47)16-48)20-9-33(41)38(44)34(42)10-20/h1-12H. The van der Waals surface area contributed by atoms with E-state index < -0.39 is 34.9 Å². The fourth-order valence-corrected chi connectivity index (χ4v) is 6.34. The first-order chi connectivity index (χ1) is 23.1. The van der Waals surface area contributed by atoms with Crippen LogP contribution in [0.15, 0.2) is 83.9 Å². The van der Waals surface area contributed by atoms with Crippen molar-refractivity contribution in [3.05, 3.63) is 141 Å². The van der Waals surface area contributed by atoms with Crippen molar-refractivity contribution in [1.82, 2.24) is 0 Å². The average molecular weight is 639 g/mol. The summed E-state index contributed by atoms with van der Waals surface area (Å²) in [5, 5.41) is 39.7. The minimum absolute atomic E-state index is 0.0195. The van der Waals surface area contributed by atoms with Crippen LogP contribution < -0.4 is 0 Å². The molecule has 0 unspecified atom stereocenters. The van der Waals surface area contributed by atoms with Gasteiger partial charge in [-0.2, -0.15) is 21.0 Å². The molecule has 0 saturated heterocycles. The molecule has 0 spiro atoms. The molecule has 7 rings (SSSR count). The van der Waals surface area contributed by atoms with Crippen molar-refractivity contribution in [1.29, 1.82) is 21.0 Å². The molecule has 0 heterocycles. The summed E-state index contributed by atoms with van der Waals surface area (Å²) in [5.74, 6) is -8.81. The molecule has 0 aromatic heterocycles. The Kier molecular flexibility index (Phi) is 6.76. The van der Waals surface area contributed by atoms with Gasteiger partial charge in [0.25, 0.3) is 0 Å². The topological polar surface area (TPSA) is 95.2 Å². The van der Waals surface area contributed by atoms with Crippen LogP contribution in [0.3, 0.4) is 0 Å². The molecule has 10 heteroatoms. The van der Waals surface area contributed by atoms with Crippen LogP contribution in [0.5, 0.6) is 0 Å². The number of nitrogens with zero attached hydrogens (tertiary/aromatic N) is 4. The van der Waals surface area contributed by atoms with E-state index in [4.69, 9.17) is 0 Å². The fraction of sp³-hybridized carbons (Fsp3) is 0. The predicted molar refractivity (Wildman–Crippen MR) is 162 cm³/mol. The Bertz CT molecular complexity index is 2310. The Hall–Kier alpha value is -6.88. The number of benzene rings is 5. The number of allylic oxidation sites excluding steroid dienone is 2. The van der Waals surface area contributed by atoms with E-state index in [1.807, 2.05) is 24.3 Å². The Labute approximate surface area is 268 Å². The minimum atomic E-state index is -1.62. The molecule has 0 fully saturated rings. The largest absolute Gasteiger partial charge is 0.204 e. The van der Waals surface area contributed by atoms with Crippen LogP contribution in [-0.4, -0.2) is 0 Å². The molecule has 0 saturated carbocycles. The summed E-state index contributed by atoms with van der Waals surface area (Å²) < 4.78 is 83.8. The van der Waals surface area contributed by atoms with Crippen molar-refractivity contribution >= 4 is 11.1 Å². The van der Waals surface area contributed by atoms with Gasteiger partial charge in [0.1, 0.15) is 35.4 Å². The Morgan fingerprint density at radius 3 is 0.979 bits per heavy atom.